The number of amides is 2. The quantitative estimate of drug-likeness (QED) is 0.672. The standard InChI is InChI=1S/C10H12N2O2/c1-3-5-7-8(10(14)11-5)6(4-2)12-9(7)13/h3-4H2,1-2H3,(H,11,14)(H,12,13). The molecular formula is C10H12N2O2. The Balaban J connectivity index is 2.56. The van der Waals surface area contributed by atoms with Gasteiger partial charge in [-0.1, -0.05) is 13.8 Å². The molecule has 4 heteroatoms. The first-order valence-corrected chi connectivity index (χ1v) is 4.78. The minimum absolute atomic E-state index is 0.146. The molecule has 2 heterocycles. The van der Waals surface area contributed by atoms with Crippen LogP contribution in [0.5, 0.6) is 0 Å². The Morgan fingerprint density at radius 2 is 1.21 bits per heavy atom. The Kier molecular flexibility index (Phi) is 1.91. The van der Waals surface area contributed by atoms with Crippen LogP contribution in [-0.2, 0) is 9.59 Å². The van der Waals surface area contributed by atoms with Crippen LogP contribution in [-0.4, -0.2) is 11.8 Å². The van der Waals surface area contributed by atoms with Gasteiger partial charge in [0.25, 0.3) is 11.8 Å². The fourth-order valence-electron chi connectivity index (χ4n) is 1.86. The molecule has 2 amide bonds. The van der Waals surface area contributed by atoms with Crippen molar-refractivity contribution in [2.45, 2.75) is 26.7 Å². The summed E-state index contributed by atoms with van der Waals surface area (Å²) in [7, 11) is 0. The average Bonchev–Trinajstić information content (AvgIpc) is 2.67. The first-order valence-electron chi connectivity index (χ1n) is 4.78. The van der Waals surface area contributed by atoms with Gasteiger partial charge in [-0.05, 0) is 12.8 Å². The van der Waals surface area contributed by atoms with Crippen molar-refractivity contribution >= 4 is 11.8 Å². The van der Waals surface area contributed by atoms with Crippen LogP contribution in [0.4, 0.5) is 0 Å². The smallest absolute Gasteiger partial charge is 0.258 e. The zero-order valence-corrected chi connectivity index (χ0v) is 8.23. The van der Waals surface area contributed by atoms with E-state index in [4.69, 9.17) is 0 Å². The Morgan fingerprint density at radius 1 is 0.857 bits per heavy atom. The van der Waals surface area contributed by atoms with Crippen LogP contribution >= 0.6 is 0 Å². The molecule has 2 rings (SSSR count). The van der Waals surface area contributed by atoms with Crippen LogP contribution in [0.3, 0.4) is 0 Å². The van der Waals surface area contributed by atoms with E-state index in [1.165, 1.54) is 0 Å². The molecule has 0 saturated carbocycles. The van der Waals surface area contributed by atoms with E-state index in [9.17, 15) is 9.59 Å². The minimum Gasteiger partial charge on any atom is -0.325 e. The number of carbonyl (C=O) groups is 2. The van der Waals surface area contributed by atoms with Crippen LogP contribution in [0.1, 0.15) is 26.7 Å². The summed E-state index contributed by atoms with van der Waals surface area (Å²) in [4.78, 5) is 23.1. The highest BCUT2D eigenvalue weighted by Gasteiger charge is 2.38. The van der Waals surface area contributed by atoms with Crippen molar-refractivity contribution in [3.05, 3.63) is 22.5 Å². The summed E-state index contributed by atoms with van der Waals surface area (Å²) in [6, 6.07) is 0. The highest BCUT2D eigenvalue weighted by atomic mass is 16.2. The maximum Gasteiger partial charge on any atom is 0.258 e. The van der Waals surface area contributed by atoms with Crippen LogP contribution in [0.15, 0.2) is 22.5 Å². The first-order chi connectivity index (χ1) is 6.69. The molecule has 0 fully saturated rings. The van der Waals surface area contributed by atoms with E-state index in [1.54, 1.807) is 0 Å². The highest BCUT2D eigenvalue weighted by molar-refractivity contribution is 6.19. The van der Waals surface area contributed by atoms with E-state index < -0.39 is 0 Å². The normalized spacial score (nSPS) is 20.1. The predicted molar refractivity (Wildman–Crippen MR) is 50.9 cm³/mol. The SMILES string of the molecule is CCC1=C2C(=O)NC(CC)=C2C(=O)N1. The Morgan fingerprint density at radius 3 is 1.50 bits per heavy atom. The molecule has 74 valence electrons. The summed E-state index contributed by atoms with van der Waals surface area (Å²) < 4.78 is 0. The molecule has 0 saturated heterocycles. The Bertz CT molecular complexity index is 353. The first kappa shape index (κ1) is 8.99. The second-order valence-electron chi connectivity index (χ2n) is 3.32. The van der Waals surface area contributed by atoms with Gasteiger partial charge < -0.3 is 10.6 Å². The number of nitrogens with one attached hydrogen (secondary N) is 2. The molecule has 0 radical (unpaired) electrons. The Hall–Kier alpha value is -1.58. The third-order valence-electron chi connectivity index (χ3n) is 2.54. The van der Waals surface area contributed by atoms with Crippen LogP contribution in [0.25, 0.3) is 0 Å². The van der Waals surface area contributed by atoms with Gasteiger partial charge in [-0.25, -0.2) is 0 Å². The number of carbonyl (C=O) groups excluding carboxylic acids is 2. The fourth-order valence-corrected chi connectivity index (χ4v) is 1.86. The summed E-state index contributed by atoms with van der Waals surface area (Å²) in [6.45, 7) is 3.84. The predicted octanol–water partition coefficient (Wildman–Crippen LogP) is 0.574. The van der Waals surface area contributed by atoms with Gasteiger partial charge >= 0.3 is 0 Å². The third-order valence-corrected chi connectivity index (χ3v) is 2.54. The second-order valence-corrected chi connectivity index (χ2v) is 3.32. The highest BCUT2D eigenvalue weighted by Crippen LogP contribution is 2.30. The fraction of sp³-hybridized carbons (Fsp3) is 0.400. The molecule has 2 aliphatic heterocycles. The Labute approximate surface area is 82.1 Å². The van der Waals surface area contributed by atoms with Gasteiger partial charge in [-0.2, -0.15) is 0 Å². The molecule has 0 aromatic heterocycles. The summed E-state index contributed by atoms with van der Waals surface area (Å²) in [5.74, 6) is -0.292. The number of rotatable bonds is 2. The van der Waals surface area contributed by atoms with Crippen molar-refractivity contribution in [1.29, 1.82) is 0 Å². The van der Waals surface area contributed by atoms with Crippen molar-refractivity contribution in [2.24, 2.45) is 0 Å². The van der Waals surface area contributed by atoms with Crippen LogP contribution < -0.4 is 10.6 Å². The van der Waals surface area contributed by atoms with Gasteiger partial charge in [0.1, 0.15) is 0 Å². The van der Waals surface area contributed by atoms with Crippen LogP contribution in [0, 0.1) is 0 Å². The largest absolute Gasteiger partial charge is 0.325 e. The maximum atomic E-state index is 11.5. The average molecular weight is 192 g/mol. The molecule has 0 unspecified atom stereocenters. The van der Waals surface area contributed by atoms with Crippen molar-refractivity contribution in [1.82, 2.24) is 10.6 Å². The van der Waals surface area contributed by atoms with Gasteiger partial charge in [0.2, 0.25) is 0 Å². The van der Waals surface area contributed by atoms with E-state index in [0.29, 0.717) is 24.0 Å². The van der Waals surface area contributed by atoms with Crippen LogP contribution in [0.2, 0.25) is 0 Å². The number of allylic oxidation sites excluding steroid dienone is 2. The summed E-state index contributed by atoms with van der Waals surface area (Å²) in [5.41, 5.74) is 2.58. The number of fused-ring (bicyclic) bond motifs is 1. The second kappa shape index (κ2) is 2.97. The minimum atomic E-state index is -0.146. The monoisotopic (exact) mass is 192 g/mol. The summed E-state index contributed by atoms with van der Waals surface area (Å²) in [6.07, 6.45) is 1.35. The lowest BCUT2D eigenvalue weighted by atomic mass is 10.1. The molecule has 0 spiro atoms. The number of hydrogen-bond acceptors (Lipinski definition) is 2. The molecule has 0 aromatic carbocycles. The molecule has 2 aliphatic rings. The zero-order valence-electron chi connectivity index (χ0n) is 8.23. The van der Waals surface area contributed by atoms with Gasteiger partial charge in [-0.3, -0.25) is 9.59 Å². The van der Waals surface area contributed by atoms with Gasteiger partial charge in [0, 0.05) is 11.4 Å². The lowest BCUT2D eigenvalue weighted by Crippen LogP contribution is -2.21. The lowest BCUT2D eigenvalue weighted by Gasteiger charge is -2.02. The molecule has 0 atom stereocenters. The molecule has 14 heavy (non-hydrogen) atoms. The van der Waals surface area contributed by atoms with E-state index in [1.807, 2.05) is 13.8 Å². The van der Waals surface area contributed by atoms with E-state index in [-0.39, 0.29) is 11.8 Å². The van der Waals surface area contributed by atoms with Gasteiger partial charge in [0.05, 0.1) is 11.1 Å². The molecule has 0 aromatic rings. The van der Waals surface area contributed by atoms with Gasteiger partial charge in [-0.15, -0.1) is 0 Å². The lowest BCUT2D eigenvalue weighted by molar-refractivity contribution is -0.117. The summed E-state index contributed by atoms with van der Waals surface area (Å²) in [5, 5.41) is 5.44. The van der Waals surface area contributed by atoms with Crippen molar-refractivity contribution in [3.63, 3.8) is 0 Å². The summed E-state index contributed by atoms with van der Waals surface area (Å²) >= 11 is 0. The van der Waals surface area contributed by atoms with E-state index >= 15 is 0 Å². The van der Waals surface area contributed by atoms with Gasteiger partial charge in [0.15, 0.2) is 0 Å². The van der Waals surface area contributed by atoms with Crippen molar-refractivity contribution in [2.75, 3.05) is 0 Å². The molecule has 2 N–H and O–H groups in total. The molecule has 0 bridgehead atoms. The topological polar surface area (TPSA) is 58.2 Å². The van der Waals surface area contributed by atoms with Crippen molar-refractivity contribution in [3.8, 4) is 0 Å². The molecule has 0 aliphatic carbocycles. The number of hydrogen-bond donors (Lipinski definition) is 2. The maximum absolute atomic E-state index is 11.5. The third kappa shape index (κ3) is 0.999. The molecule has 4 nitrogen and oxygen atoms in total. The van der Waals surface area contributed by atoms with Crippen molar-refractivity contribution < 1.29 is 9.59 Å². The molecular weight excluding hydrogens is 180 g/mol. The zero-order chi connectivity index (χ0) is 10.3. The van der Waals surface area contributed by atoms with E-state index in [2.05, 4.69) is 10.6 Å². The van der Waals surface area contributed by atoms with E-state index in [0.717, 1.165) is 11.4 Å².